The number of nitrogens with zero attached hydrogens (tertiary/aromatic N) is 7. The molecule has 1 saturated heterocycles. The van der Waals surface area contributed by atoms with Gasteiger partial charge in [0, 0.05) is 55.5 Å². The van der Waals surface area contributed by atoms with Crippen LogP contribution in [0.1, 0.15) is 34.3 Å². The fraction of sp³-hybridized carbons (Fsp3) is 0.167. The van der Waals surface area contributed by atoms with Gasteiger partial charge in [0.15, 0.2) is 11.5 Å². The second-order valence-corrected chi connectivity index (χ2v) is 11.3. The number of nitriles is 1. The predicted octanol–water partition coefficient (Wildman–Crippen LogP) is 5.39. The maximum atomic E-state index is 12.8. The molecule has 2 aromatic carbocycles. The summed E-state index contributed by atoms with van der Waals surface area (Å²) in [6.07, 6.45) is 6.31. The molecule has 0 bridgehead atoms. The van der Waals surface area contributed by atoms with Crippen LogP contribution in [0.3, 0.4) is 0 Å². The van der Waals surface area contributed by atoms with Gasteiger partial charge in [-0.25, -0.2) is 15.0 Å². The van der Waals surface area contributed by atoms with Gasteiger partial charge in [-0.2, -0.15) is 5.26 Å². The number of carbonyl (C=O) groups excluding carboxylic acids is 1. The number of benzene rings is 2. The summed E-state index contributed by atoms with van der Waals surface area (Å²) in [4.78, 5) is 33.5. The molecule has 226 valence electrons. The van der Waals surface area contributed by atoms with Crippen LogP contribution in [0.15, 0.2) is 104 Å². The maximum Gasteiger partial charge on any atom is 0.254 e. The Hall–Kier alpha value is -5.92. The summed E-state index contributed by atoms with van der Waals surface area (Å²) >= 11 is 0. The largest absolute Gasteiger partial charge is 0.383 e. The number of amides is 1. The lowest BCUT2D eigenvalue weighted by atomic mass is 10.0. The van der Waals surface area contributed by atoms with Crippen LogP contribution in [0, 0.1) is 11.3 Å². The molecule has 0 atom stereocenters. The van der Waals surface area contributed by atoms with Crippen molar-refractivity contribution in [2.24, 2.45) is 0 Å². The zero-order valence-electron chi connectivity index (χ0n) is 25.0. The fourth-order valence-corrected chi connectivity index (χ4v) is 5.94. The molecule has 1 aliphatic rings. The minimum absolute atomic E-state index is 0.0546. The third-order valence-corrected chi connectivity index (χ3v) is 8.36. The molecule has 1 amide bonds. The first-order valence-electron chi connectivity index (χ1n) is 15.2. The molecule has 0 radical (unpaired) electrons. The molecule has 10 nitrogen and oxygen atoms in total. The van der Waals surface area contributed by atoms with E-state index in [0.717, 1.165) is 66.1 Å². The fourth-order valence-electron chi connectivity index (χ4n) is 5.94. The lowest BCUT2D eigenvalue weighted by molar-refractivity contribution is 0.0908. The van der Waals surface area contributed by atoms with Crippen LogP contribution in [-0.2, 0) is 6.54 Å². The summed E-state index contributed by atoms with van der Waals surface area (Å²) < 4.78 is 2.05. The van der Waals surface area contributed by atoms with Gasteiger partial charge in [0.05, 0.1) is 22.4 Å². The number of anilines is 1. The van der Waals surface area contributed by atoms with E-state index in [1.807, 2.05) is 59.2 Å². The molecule has 7 rings (SSSR count). The molecular formula is C36H31N9O. The molecule has 0 saturated carbocycles. The van der Waals surface area contributed by atoms with Gasteiger partial charge in [-0.3, -0.25) is 19.2 Å². The van der Waals surface area contributed by atoms with Gasteiger partial charge in [-0.15, -0.1) is 0 Å². The highest BCUT2D eigenvalue weighted by Gasteiger charge is 2.23. The molecule has 4 aromatic heterocycles. The zero-order valence-corrected chi connectivity index (χ0v) is 25.0. The summed E-state index contributed by atoms with van der Waals surface area (Å²) in [6, 6.07) is 30.0. The van der Waals surface area contributed by atoms with Crippen molar-refractivity contribution >= 4 is 22.9 Å². The number of hydrogen-bond acceptors (Lipinski definition) is 8. The Morgan fingerprint density at radius 3 is 2.50 bits per heavy atom. The van der Waals surface area contributed by atoms with Crippen LogP contribution in [0.4, 0.5) is 5.82 Å². The van der Waals surface area contributed by atoms with Crippen LogP contribution >= 0.6 is 0 Å². The molecule has 0 unspecified atom stereocenters. The lowest BCUT2D eigenvalue weighted by Gasteiger charge is -2.32. The Balaban J connectivity index is 1.10. The number of pyridine rings is 3. The summed E-state index contributed by atoms with van der Waals surface area (Å²) in [5.41, 5.74) is 13.2. The topological polar surface area (TPSA) is 139 Å². The van der Waals surface area contributed by atoms with Crippen LogP contribution in [0.25, 0.3) is 39.5 Å². The van der Waals surface area contributed by atoms with Crippen LogP contribution in [0.2, 0.25) is 0 Å². The number of nitrogen functional groups attached to an aromatic ring is 1. The van der Waals surface area contributed by atoms with Crippen molar-refractivity contribution in [2.75, 3.05) is 18.8 Å². The third-order valence-electron chi connectivity index (χ3n) is 8.36. The van der Waals surface area contributed by atoms with Gasteiger partial charge in [0.1, 0.15) is 17.4 Å². The second-order valence-electron chi connectivity index (χ2n) is 11.3. The van der Waals surface area contributed by atoms with Gasteiger partial charge in [-0.05, 0) is 60.9 Å². The first-order valence-corrected chi connectivity index (χ1v) is 15.2. The molecule has 10 heteroatoms. The Bertz CT molecular complexity index is 2060. The van der Waals surface area contributed by atoms with Crippen molar-refractivity contribution in [1.29, 1.82) is 5.26 Å². The molecule has 3 N–H and O–H groups in total. The van der Waals surface area contributed by atoms with Gasteiger partial charge < -0.3 is 11.1 Å². The van der Waals surface area contributed by atoms with Crippen molar-refractivity contribution in [3.63, 3.8) is 0 Å². The summed E-state index contributed by atoms with van der Waals surface area (Å²) in [7, 11) is 0. The Morgan fingerprint density at radius 1 is 0.935 bits per heavy atom. The highest BCUT2D eigenvalue weighted by Crippen LogP contribution is 2.32. The molecule has 6 aromatic rings. The smallest absolute Gasteiger partial charge is 0.254 e. The molecule has 1 fully saturated rings. The van der Waals surface area contributed by atoms with Crippen LogP contribution in [0.5, 0.6) is 0 Å². The Kier molecular flexibility index (Phi) is 7.89. The van der Waals surface area contributed by atoms with E-state index in [-0.39, 0.29) is 11.9 Å². The Labute approximate surface area is 266 Å². The van der Waals surface area contributed by atoms with Crippen molar-refractivity contribution in [1.82, 2.24) is 34.7 Å². The van der Waals surface area contributed by atoms with Gasteiger partial charge in [0.2, 0.25) is 0 Å². The highest BCUT2D eigenvalue weighted by atomic mass is 16.1. The van der Waals surface area contributed by atoms with E-state index in [1.165, 1.54) is 18.0 Å². The number of nitrogens with one attached hydrogen (secondary N) is 1. The minimum Gasteiger partial charge on any atom is -0.383 e. The summed E-state index contributed by atoms with van der Waals surface area (Å²) in [5, 5.41) is 12.4. The number of aromatic nitrogens is 5. The van der Waals surface area contributed by atoms with E-state index >= 15 is 0 Å². The SMILES string of the molecule is N#Cc1ccncc1C(=O)NC1CCN(Cc2ccc(-n3c(-c4cccnc4N)nc4ccc(-c5ccccc5)nc43)cc2)CC1. The van der Waals surface area contributed by atoms with Crippen molar-refractivity contribution in [2.45, 2.75) is 25.4 Å². The van der Waals surface area contributed by atoms with E-state index in [2.05, 4.69) is 50.5 Å². The van der Waals surface area contributed by atoms with Gasteiger partial charge in [-0.1, -0.05) is 42.5 Å². The number of hydrogen-bond donors (Lipinski definition) is 2. The number of likely N-dealkylation sites (tertiary alicyclic amines) is 1. The number of imidazole rings is 1. The quantitative estimate of drug-likeness (QED) is 0.247. The van der Waals surface area contributed by atoms with Crippen molar-refractivity contribution < 1.29 is 4.79 Å². The Morgan fingerprint density at radius 2 is 1.74 bits per heavy atom. The summed E-state index contributed by atoms with van der Waals surface area (Å²) in [6.45, 7) is 2.51. The number of nitrogens with two attached hydrogens (primary N) is 1. The van der Waals surface area contributed by atoms with Gasteiger partial charge >= 0.3 is 0 Å². The number of fused-ring (bicyclic) bond motifs is 1. The third kappa shape index (κ3) is 5.79. The molecule has 5 heterocycles. The molecular weight excluding hydrogens is 574 g/mol. The highest BCUT2D eigenvalue weighted by molar-refractivity contribution is 5.96. The molecule has 1 aliphatic heterocycles. The number of piperidine rings is 1. The standard InChI is InChI=1S/C36H31N9O/c37-21-26-14-18-39-22-30(26)36(46)41-27-15-19-44(20-16-27)23-24-8-10-28(11-9-24)45-34(29-7-4-17-40-33(29)38)43-32-13-12-31(42-35(32)45)25-5-2-1-3-6-25/h1-14,17-18,22,27H,15-16,19-20,23H2,(H2,38,40)(H,41,46). The number of carbonyl (C=O) groups is 1. The first kappa shape index (κ1) is 28.8. The summed E-state index contributed by atoms with van der Waals surface area (Å²) in [5.74, 6) is 0.844. The van der Waals surface area contributed by atoms with E-state index in [0.29, 0.717) is 22.8 Å². The van der Waals surface area contributed by atoms with E-state index in [4.69, 9.17) is 15.7 Å². The van der Waals surface area contributed by atoms with E-state index in [9.17, 15) is 10.1 Å². The normalized spacial score (nSPS) is 13.8. The first-order chi connectivity index (χ1) is 22.6. The van der Waals surface area contributed by atoms with E-state index < -0.39 is 0 Å². The molecule has 0 aliphatic carbocycles. The van der Waals surface area contributed by atoms with Gasteiger partial charge in [0.25, 0.3) is 5.91 Å². The van der Waals surface area contributed by atoms with Crippen LogP contribution < -0.4 is 11.1 Å². The average Bonchev–Trinajstić information content (AvgIpc) is 3.48. The van der Waals surface area contributed by atoms with Crippen molar-refractivity contribution in [3.05, 3.63) is 120 Å². The van der Waals surface area contributed by atoms with E-state index in [1.54, 1.807) is 12.3 Å². The second kappa shape index (κ2) is 12.6. The molecule has 0 spiro atoms. The monoisotopic (exact) mass is 605 g/mol. The minimum atomic E-state index is -0.247. The maximum absolute atomic E-state index is 12.8. The van der Waals surface area contributed by atoms with Crippen molar-refractivity contribution in [3.8, 4) is 34.4 Å². The predicted molar refractivity (Wildman–Crippen MR) is 177 cm³/mol. The average molecular weight is 606 g/mol. The van der Waals surface area contributed by atoms with Crippen LogP contribution in [-0.4, -0.2) is 54.4 Å². The number of rotatable bonds is 7. The zero-order chi connectivity index (χ0) is 31.5. The lowest BCUT2D eigenvalue weighted by Crippen LogP contribution is -2.44. The molecule has 46 heavy (non-hydrogen) atoms.